The van der Waals surface area contributed by atoms with Gasteiger partial charge in [-0.3, -0.25) is 0 Å². The Morgan fingerprint density at radius 2 is 2.28 bits per heavy atom. The summed E-state index contributed by atoms with van der Waals surface area (Å²) in [6, 6.07) is 0.609. The molecule has 0 aliphatic heterocycles. The van der Waals surface area contributed by atoms with Crippen LogP contribution in [-0.2, 0) is 13.1 Å². The van der Waals surface area contributed by atoms with Crippen LogP contribution in [0, 0.1) is 5.41 Å². The van der Waals surface area contributed by atoms with Crippen molar-refractivity contribution in [3.63, 3.8) is 0 Å². The molecule has 1 atom stereocenters. The first kappa shape index (κ1) is 13.5. The summed E-state index contributed by atoms with van der Waals surface area (Å²) in [4.78, 5) is 4.36. The van der Waals surface area contributed by atoms with E-state index in [2.05, 4.69) is 36.2 Å². The molecule has 1 aromatic rings. The first-order chi connectivity index (χ1) is 8.63. The molecule has 1 unspecified atom stereocenters. The second-order valence-corrected chi connectivity index (χ2v) is 6.07. The summed E-state index contributed by atoms with van der Waals surface area (Å²) < 4.78 is 2.02. The van der Waals surface area contributed by atoms with Gasteiger partial charge < -0.3 is 5.32 Å². The van der Waals surface area contributed by atoms with Crippen LogP contribution >= 0.6 is 0 Å². The Kier molecular flexibility index (Phi) is 4.38. The highest BCUT2D eigenvalue weighted by Gasteiger charge is 2.31. The lowest BCUT2D eigenvalue weighted by atomic mass is 9.73. The molecule has 1 aliphatic rings. The fourth-order valence-electron chi connectivity index (χ4n) is 2.91. The van der Waals surface area contributed by atoms with Crippen LogP contribution in [-0.4, -0.2) is 20.8 Å². The lowest BCUT2D eigenvalue weighted by Gasteiger charge is -2.39. The summed E-state index contributed by atoms with van der Waals surface area (Å²) in [6.45, 7) is 8.73. The molecule has 1 fully saturated rings. The predicted molar refractivity (Wildman–Crippen MR) is 73.2 cm³/mol. The van der Waals surface area contributed by atoms with Crippen molar-refractivity contribution in [3.8, 4) is 0 Å². The van der Waals surface area contributed by atoms with E-state index in [0.29, 0.717) is 11.5 Å². The molecule has 0 bridgehead atoms. The number of aryl methyl sites for hydroxylation is 1. The van der Waals surface area contributed by atoms with Crippen LogP contribution in [0.15, 0.2) is 6.33 Å². The van der Waals surface area contributed by atoms with Gasteiger partial charge in [0.15, 0.2) is 0 Å². The molecule has 1 N–H and O–H groups in total. The van der Waals surface area contributed by atoms with Crippen LogP contribution in [0.25, 0.3) is 0 Å². The summed E-state index contributed by atoms with van der Waals surface area (Å²) in [5.74, 6) is 1.07. The van der Waals surface area contributed by atoms with Gasteiger partial charge in [0.25, 0.3) is 0 Å². The summed E-state index contributed by atoms with van der Waals surface area (Å²) in [6.07, 6.45) is 8.10. The Bertz CT molecular complexity index is 370. The maximum Gasteiger partial charge on any atom is 0.140 e. The molecule has 4 heteroatoms. The van der Waals surface area contributed by atoms with Gasteiger partial charge in [0.1, 0.15) is 12.2 Å². The number of aromatic nitrogens is 3. The standard InChI is InChI=1S/C14H26N4/c1-4-9-18-13(16-11-17-18)10-15-12-7-5-6-8-14(12,2)3/h11-12,15H,4-10H2,1-3H3. The molecule has 0 amide bonds. The molecule has 0 radical (unpaired) electrons. The lowest BCUT2D eigenvalue weighted by Crippen LogP contribution is -2.44. The first-order valence-electron chi connectivity index (χ1n) is 7.23. The van der Waals surface area contributed by atoms with Gasteiger partial charge >= 0.3 is 0 Å². The van der Waals surface area contributed by atoms with Crippen molar-refractivity contribution in [2.45, 2.75) is 72.0 Å². The van der Waals surface area contributed by atoms with Gasteiger partial charge in [0, 0.05) is 12.6 Å². The van der Waals surface area contributed by atoms with Crippen molar-refractivity contribution in [1.29, 1.82) is 0 Å². The Balaban J connectivity index is 1.92. The molecule has 102 valence electrons. The average Bonchev–Trinajstić information content (AvgIpc) is 2.75. The van der Waals surface area contributed by atoms with Crippen LogP contribution in [0.4, 0.5) is 0 Å². The second-order valence-electron chi connectivity index (χ2n) is 6.07. The van der Waals surface area contributed by atoms with E-state index < -0.39 is 0 Å². The molecule has 0 saturated heterocycles. The van der Waals surface area contributed by atoms with Crippen molar-refractivity contribution in [2.75, 3.05) is 0 Å². The molecule has 18 heavy (non-hydrogen) atoms. The minimum Gasteiger partial charge on any atom is -0.307 e. The maximum absolute atomic E-state index is 4.36. The smallest absolute Gasteiger partial charge is 0.140 e. The molecule has 2 rings (SSSR count). The van der Waals surface area contributed by atoms with E-state index in [1.807, 2.05) is 4.68 Å². The highest BCUT2D eigenvalue weighted by Crippen LogP contribution is 2.35. The van der Waals surface area contributed by atoms with E-state index in [1.54, 1.807) is 6.33 Å². The topological polar surface area (TPSA) is 42.7 Å². The number of rotatable bonds is 5. The monoisotopic (exact) mass is 250 g/mol. The minimum atomic E-state index is 0.411. The van der Waals surface area contributed by atoms with Gasteiger partial charge in [-0.25, -0.2) is 9.67 Å². The van der Waals surface area contributed by atoms with E-state index >= 15 is 0 Å². The van der Waals surface area contributed by atoms with Crippen LogP contribution < -0.4 is 5.32 Å². The average molecular weight is 250 g/mol. The second kappa shape index (κ2) is 5.83. The molecule has 1 saturated carbocycles. The third-order valence-corrected chi connectivity index (χ3v) is 4.14. The summed E-state index contributed by atoms with van der Waals surface area (Å²) in [7, 11) is 0. The highest BCUT2D eigenvalue weighted by molar-refractivity contribution is 4.91. The largest absolute Gasteiger partial charge is 0.307 e. The zero-order valence-electron chi connectivity index (χ0n) is 11.9. The SMILES string of the molecule is CCCn1ncnc1CNC1CCCCC1(C)C. The fraction of sp³-hybridized carbons (Fsp3) is 0.857. The van der Waals surface area contributed by atoms with E-state index in [0.717, 1.165) is 25.3 Å². The third-order valence-electron chi connectivity index (χ3n) is 4.14. The van der Waals surface area contributed by atoms with E-state index in [4.69, 9.17) is 0 Å². The van der Waals surface area contributed by atoms with Crippen molar-refractivity contribution in [1.82, 2.24) is 20.1 Å². The van der Waals surface area contributed by atoms with E-state index in [9.17, 15) is 0 Å². The van der Waals surface area contributed by atoms with Gasteiger partial charge in [-0.1, -0.05) is 33.6 Å². The van der Waals surface area contributed by atoms with Gasteiger partial charge in [-0.15, -0.1) is 0 Å². The molecule has 0 aromatic carbocycles. The molecular weight excluding hydrogens is 224 g/mol. The van der Waals surface area contributed by atoms with Crippen molar-refractivity contribution >= 4 is 0 Å². The molecule has 0 spiro atoms. The fourth-order valence-corrected chi connectivity index (χ4v) is 2.91. The van der Waals surface area contributed by atoms with Gasteiger partial charge in [0.05, 0.1) is 6.54 Å². The van der Waals surface area contributed by atoms with Crippen LogP contribution in [0.5, 0.6) is 0 Å². The highest BCUT2D eigenvalue weighted by atomic mass is 15.3. The zero-order chi connectivity index (χ0) is 13.0. The molecule has 1 aromatic heterocycles. The minimum absolute atomic E-state index is 0.411. The number of nitrogens with zero attached hydrogens (tertiary/aromatic N) is 3. The van der Waals surface area contributed by atoms with E-state index in [1.165, 1.54) is 25.7 Å². The summed E-state index contributed by atoms with van der Waals surface area (Å²) in [5.41, 5.74) is 0.411. The van der Waals surface area contributed by atoms with Crippen molar-refractivity contribution in [3.05, 3.63) is 12.2 Å². The third kappa shape index (κ3) is 3.10. The first-order valence-corrected chi connectivity index (χ1v) is 7.23. The van der Waals surface area contributed by atoms with Crippen molar-refractivity contribution < 1.29 is 0 Å². The Morgan fingerprint density at radius 3 is 3.00 bits per heavy atom. The Morgan fingerprint density at radius 1 is 1.44 bits per heavy atom. The zero-order valence-corrected chi connectivity index (χ0v) is 11.9. The molecule has 4 nitrogen and oxygen atoms in total. The predicted octanol–water partition coefficient (Wildman–Crippen LogP) is 2.75. The van der Waals surface area contributed by atoms with Crippen molar-refractivity contribution in [2.24, 2.45) is 5.41 Å². The van der Waals surface area contributed by atoms with Gasteiger partial charge in [-0.2, -0.15) is 5.10 Å². The maximum atomic E-state index is 4.36. The number of nitrogens with one attached hydrogen (secondary N) is 1. The number of hydrogen-bond donors (Lipinski definition) is 1. The Hall–Kier alpha value is -0.900. The van der Waals surface area contributed by atoms with Crippen LogP contribution in [0.1, 0.15) is 58.7 Å². The summed E-state index contributed by atoms with van der Waals surface area (Å²) in [5, 5.41) is 7.96. The Labute approximate surface area is 110 Å². The molecule has 1 heterocycles. The quantitative estimate of drug-likeness (QED) is 0.873. The lowest BCUT2D eigenvalue weighted by molar-refractivity contribution is 0.165. The molecular formula is C14H26N4. The van der Waals surface area contributed by atoms with E-state index in [-0.39, 0.29) is 0 Å². The van der Waals surface area contributed by atoms with Gasteiger partial charge in [-0.05, 0) is 24.7 Å². The molecule has 1 aliphatic carbocycles. The number of hydrogen-bond acceptors (Lipinski definition) is 3. The van der Waals surface area contributed by atoms with Crippen LogP contribution in [0.3, 0.4) is 0 Å². The normalized spacial score (nSPS) is 23.2. The summed E-state index contributed by atoms with van der Waals surface area (Å²) >= 11 is 0. The van der Waals surface area contributed by atoms with Gasteiger partial charge in [0.2, 0.25) is 0 Å². The van der Waals surface area contributed by atoms with Crippen LogP contribution in [0.2, 0.25) is 0 Å².